The van der Waals surface area contributed by atoms with E-state index in [0.29, 0.717) is 31.0 Å². The Bertz CT molecular complexity index is 1400. The standard InChI is InChI=1S/C27H32F3N5O7/c1-27(2,3)41-26(39)34-5-4-13(10-34)19-8-15(32-42-19)9-20-24(37)23(25(38)21(12-36)40-20)35-11-18(31-33-35)14-6-16(28)22(30)17(29)7-14/h6-8,11,13,20-21,23-25,36-38H,4-5,9-10,12H2,1-3H3/t13?,20-,21-,23-,24+,25+/m1/s1. The Labute approximate surface area is 238 Å². The summed E-state index contributed by atoms with van der Waals surface area (Å²) in [5.41, 5.74) is -0.309. The van der Waals surface area contributed by atoms with Gasteiger partial charge in [0.05, 0.1) is 24.6 Å². The molecule has 0 saturated carbocycles. The number of hydrogen-bond donors (Lipinski definition) is 3. The fraction of sp³-hybridized carbons (Fsp3) is 0.556. The van der Waals surface area contributed by atoms with Gasteiger partial charge in [-0.3, -0.25) is 0 Å². The Morgan fingerprint density at radius 2 is 1.81 bits per heavy atom. The SMILES string of the molecule is CC(C)(C)OC(=O)N1CCC(c2cc(C[C@H]3O[C@H](CO)[C@H](O)[C@H](n4cc(-c5cc(F)c(F)c(F)c5)nn4)[C@H]3O)no2)C1. The smallest absolute Gasteiger partial charge is 0.410 e. The first-order chi connectivity index (χ1) is 19.8. The van der Waals surface area contributed by atoms with Crippen molar-refractivity contribution >= 4 is 6.09 Å². The van der Waals surface area contributed by atoms with E-state index < -0.39 is 66.2 Å². The van der Waals surface area contributed by atoms with Crippen molar-refractivity contribution < 1.29 is 47.3 Å². The summed E-state index contributed by atoms with van der Waals surface area (Å²) in [6.07, 6.45) is -3.37. The van der Waals surface area contributed by atoms with Crippen LogP contribution in [0.15, 0.2) is 28.9 Å². The number of carbonyl (C=O) groups excluding carboxylic acids is 1. The second-order valence-corrected chi connectivity index (χ2v) is 11.5. The molecule has 0 radical (unpaired) electrons. The first kappa shape index (κ1) is 29.9. The van der Waals surface area contributed by atoms with Gasteiger partial charge in [0.2, 0.25) is 0 Å². The third-order valence-electron chi connectivity index (χ3n) is 7.32. The van der Waals surface area contributed by atoms with Crippen molar-refractivity contribution in [2.24, 2.45) is 0 Å². The molecule has 4 heterocycles. The van der Waals surface area contributed by atoms with Gasteiger partial charge in [-0.05, 0) is 39.3 Å². The number of aromatic nitrogens is 4. The lowest BCUT2D eigenvalue weighted by Gasteiger charge is -2.42. The molecule has 2 aromatic heterocycles. The fourth-order valence-electron chi connectivity index (χ4n) is 5.23. The number of halogens is 3. The summed E-state index contributed by atoms with van der Waals surface area (Å²) in [4.78, 5) is 14.0. The second-order valence-electron chi connectivity index (χ2n) is 11.5. The quantitative estimate of drug-likeness (QED) is 0.362. The molecule has 3 aromatic rings. The van der Waals surface area contributed by atoms with Crippen LogP contribution in [0.3, 0.4) is 0 Å². The fourth-order valence-corrected chi connectivity index (χ4v) is 5.23. The molecule has 228 valence electrons. The zero-order chi connectivity index (χ0) is 30.3. The number of nitrogens with zero attached hydrogens (tertiary/aromatic N) is 5. The zero-order valence-corrected chi connectivity index (χ0v) is 23.2. The molecule has 2 aliphatic rings. The van der Waals surface area contributed by atoms with Gasteiger partial charge < -0.3 is 34.2 Å². The van der Waals surface area contributed by atoms with Gasteiger partial charge in [-0.2, -0.15) is 0 Å². The van der Waals surface area contributed by atoms with Crippen LogP contribution in [0.1, 0.15) is 50.6 Å². The Morgan fingerprint density at radius 1 is 1.12 bits per heavy atom. The number of rotatable bonds is 6. The molecule has 3 N–H and O–H groups in total. The molecule has 1 unspecified atom stereocenters. The van der Waals surface area contributed by atoms with E-state index in [1.54, 1.807) is 31.7 Å². The largest absolute Gasteiger partial charge is 0.444 e. The number of likely N-dealkylation sites (tertiary alicyclic amines) is 1. The highest BCUT2D eigenvalue weighted by Gasteiger charge is 2.46. The first-order valence-corrected chi connectivity index (χ1v) is 13.5. The maximum absolute atomic E-state index is 13.7. The molecule has 12 nitrogen and oxygen atoms in total. The third kappa shape index (κ3) is 6.14. The molecule has 2 aliphatic heterocycles. The van der Waals surface area contributed by atoms with Crippen LogP contribution in [0.2, 0.25) is 0 Å². The third-order valence-corrected chi connectivity index (χ3v) is 7.32. The summed E-state index contributed by atoms with van der Waals surface area (Å²) in [5.74, 6) is -4.00. The van der Waals surface area contributed by atoms with Gasteiger partial charge >= 0.3 is 6.09 Å². The topological polar surface area (TPSA) is 156 Å². The van der Waals surface area contributed by atoms with Crippen LogP contribution in [0.5, 0.6) is 0 Å². The lowest BCUT2D eigenvalue weighted by molar-refractivity contribution is -0.205. The van der Waals surface area contributed by atoms with Crippen LogP contribution in [0, 0.1) is 17.5 Å². The summed E-state index contributed by atoms with van der Waals surface area (Å²) in [5, 5.41) is 43.7. The van der Waals surface area contributed by atoms with Gasteiger partial charge in [-0.25, -0.2) is 22.6 Å². The average molecular weight is 596 g/mol. The molecular weight excluding hydrogens is 563 g/mol. The van der Waals surface area contributed by atoms with E-state index in [0.717, 1.165) is 16.8 Å². The number of ether oxygens (including phenoxy) is 2. The number of benzene rings is 1. The average Bonchev–Trinajstić information content (AvgIpc) is 3.69. The van der Waals surface area contributed by atoms with Crippen molar-refractivity contribution in [2.45, 2.75) is 75.6 Å². The van der Waals surface area contributed by atoms with Crippen LogP contribution in [0.4, 0.5) is 18.0 Å². The van der Waals surface area contributed by atoms with E-state index in [9.17, 15) is 33.3 Å². The second kappa shape index (κ2) is 11.6. The van der Waals surface area contributed by atoms with E-state index >= 15 is 0 Å². The predicted molar refractivity (Wildman–Crippen MR) is 138 cm³/mol. The maximum Gasteiger partial charge on any atom is 0.410 e. The molecule has 2 fully saturated rings. The van der Waals surface area contributed by atoms with Crippen LogP contribution >= 0.6 is 0 Å². The van der Waals surface area contributed by atoms with Crippen LogP contribution in [-0.4, -0.2) is 96.2 Å². The van der Waals surface area contributed by atoms with Gasteiger partial charge in [0.1, 0.15) is 41.4 Å². The highest BCUT2D eigenvalue weighted by atomic mass is 19.2. The minimum absolute atomic E-state index is 0.0334. The Hall–Kier alpha value is -3.53. The monoisotopic (exact) mass is 595 g/mol. The van der Waals surface area contributed by atoms with Crippen molar-refractivity contribution in [1.82, 2.24) is 25.1 Å². The highest BCUT2D eigenvalue weighted by Crippen LogP contribution is 2.34. The van der Waals surface area contributed by atoms with Gasteiger partial charge in [0, 0.05) is 37.1 Å². The van der Waals surface area contributed by atoms with Gasteiger partial charge in [-0.1, -0.05) is 10.4 Å². The molecule has 15 heteroatoms. The minimum atomic E-state index is -1.63. The summed E-state index contributed by atoms with van der Waals surface area (Å²) < 4.78 is 58.8. The highest BCUT2D eigenvalue weighted by molar-refractivity contribution is 5.68. The van der Waals surface area contributed by atoms with E-state index in [1.807, 2.05) is 0 Å². The molecule has 2 saturated heterocycles. The number of aliphatic hydroxyl groups excluding tert-OH is 3. The lowest BCUT2D eigenvalue weighted by atomic mass is 9.90. The normalized spacial score (nSPS) is 26.5. The van der Waals surface area contributed by atoms with Crippen LogP contribution < -0.4 is 0 Å². The Balaban J connectivity index is 1.30. The summed E-state index contributed by atoms with van der Waals surface area (Å²) >= 11 is 0. The van der Waals surface area contributed by atoms with Crippen molar-refractivity contribution in [1.29, 1.82) is 0 Å². The Kier molecular flexibility index (Phi) is 8.29. The number of carbonyl (C=O) groups is 1. The molecule has 42 heavy (non-hydrogen) atoms. The van der Waals surface area contributed by atoms with Crippen molar-refractivity contribution in [3.63, 3.8) is 0 Å². The van der Waals surface area contributed by atoms with E-state index in [4.69, 9.17) is 14.0 Å². The number of hydrogen-bond acceptors (Lipinski definition) is 10. The van der Waals surface area contributed by atoms with Gasteiger partial charge in [0.15, 0.2) is 17.5 Å². The molecule has 0 aliphatic carbocycles. The first-order valence-electron chi connectivity index (χ1n) is 13.5. The van der Waals surface area contributed by atoms with Crippen LogP contribution in [0.25, 0.3) is 11.3 Å². The molecule has 0 bridgehead atoms. The molecule has 1 aromatic carbocycles. The minimum Gasteiger partial charge on any atom is -0.444 e. The number of aliphatic hydroxyl groups is 3. The summed E-state index contributed by atoms with van der Waals surface area (Å²) in [6, 6.07) is 2.05. The summed E-state index contributed by atoms with van der Waals surface area (Å²) in [6.45, 7) is 5.69. The van der Waals surface area contributed by atoms with Gasteiger partial charge in [0.25, 0.3) is 0 Å². The van der Waals surface area contributed by atoms with E-state index in [2.05, 4.69) is 15.5 Å². The molecule has 0 spiro atoms. The summed E-state index contributed by atoms with van der Waals surface area (Å²) in [7, 11) is 0. The number of amides is 1. The van der Waals surface area contributed by atoms with Crippen LogP contribution in [-0.2, 0) is 15.9 Å². The van der Waals surface area contributed by atoms with Crippen molar-refractivity contribution in [3.8, 4) is 11.3 Å². The van der Waals surface area contributed by atoms with Gasteiger partial charge in [-0.15, -0.1) is 5.10 Å². The molecule has 5 rings (SSSR count). The Morgan fingerprint density at radius 3 is 2.48 bits per heavy atom. The predicted octanol–water partition coefficient (Wildman–Crippen LogP) is 2.34. The molecule has 6 atom stereocenters. The van der Waals surface area contributed by atoms with Crippen molar-refractivity contribution in [2.75, 3.05) is 19.7 Å². The molecule has 1 amide bonds. The van der Waals surface area contributed by atoms with Crippen molar-refractivity contribution in [3.05, 3.63) is 53.3 Å². The lowest BCUT2D eigenvalue weighted by Crippen LogP contribution is -2.56. The maximum atomic E-state index is 13.7. The van der Waals surface area contributed by atoms with E-state index in [-0.39, 0.29) is 23.6 Å². The van der Waals surface area contributed by atoms with E-state index in [1.165, 1.54) is 6.20 Å². The molecular formula is C27H32F3N5O7. The zero-order valence-electron chi connectivity index (χ0n) is 23.2.